The van der Waals surface area contributed by atoms with Crippen molar-refractivity contribution in [2.75, 3.05) is 11.1 Å². The van der Waals surface area contributed by atoms with E-state index in [0.29, 0.717) is 16.6 Å². The van der Waals surface area contributed by atoms with Gasteiger partial charge in [-0.3, -0.25) is 4.98 Å². The summed E-state index contributed by atoms with van der Waals surface area (Å²) in [6, 6.07) is 1.49. The van der Waals surface area contributed by atoms with Gasteiger partial charge in [-0.25, -0.2) is 0 Å². The molecule has 0 unspecified atom stereocenters. The molecule has 0 spiro atoms. The Labute approximate surface area is 136 Å². The number of nitrogens with zero attached hydrogens (tertiary/aromatic N) is 1. The summed E-state index contributed by atoms with van der Waals surface area (Å²) in [5.74, 6) is -0.00427. The van der Waals surface area contributed by atoms with Crippen LogP contribution in [0.25, 0.3) is 0 Å². The van der Waals surface area contributed by atoms with Crippen molar-refractivity contribution in [1.29, 1.82) is 0 Å². The third-order valence-electron chi connectivity index (χ3n) is 1.91. The minimum atomic E-state index is -3.61. The van der Waals surface area contributed by atoms with E-state index in [1.807, 2.05) is 0 Å². The summed E-state index contributed by atoms with van der Waals surface area (Å²) >= 11 is 3.02. The second-order valence-corrected chi connectivity index (χ2v) is 5.71. The fourth-order valence-corrected chi connectivity index (χ4v) is 2.96. The van der Waals surface area contributed by atoms with Gasteiger partial charge >= 0.3 is 39.7 Å². The van der Waals surface area contributed by atoms with Crippen LogP contribution in [-0.4, -0.2) is 24.5 Å². The smallest absolute Gasteiger partial charge is 0.723 e. The molecule has 1 rings (SSSR count). The molecule has 0 saturated carbocycles. The molecule has 0 aliphatic carbocycles. The van der Waals surface area contributed by atoms with Gasteiger partial charge in [0.25, 0.3) is 0 Å². The van der Waals surface area contributed by atoms with Gasteiger partial charge in [0.2, 0.25) is 0 Å². The molecule has 0 bridgehead atoms. The molecule has 0 fully saturated rings. The number of rotatable bonds is 6. The van der Waals surface area contributed by atoms with Crippen molar-refractivity contribution < 1.29 is 52.3 Å². The molecule has 1 aromatic rings. The number of aryl methyl sites for hydroxylation is 1. The van der Waals surface area contributed by atoms with Gasteiger partial charge in [0.05, 0.1) is 24.3 Å². The summed E-state index contributed by atoms with van der Waals surface area (Å²) in [7, 11) is -3.61. The molecule has 0 aliphatic heterocycles. The fraction of sp³-hybridized carbons (Fsp3) is 0.444. The fourth-order valence-electron chi connectivity index (χ4n) is 1.11. The van der Waals surface area contributed by atoms with E-state index >= 15 is 0 Å². The molecule has 1 heterocycles. The molecule has 6 nitrogen and oxygen atoms in total. The van der Waals surface area contributed by atoms with Crippen molar-refractivity contribution in [3.8, 4) is 5.75 Å². The number of pyridine rings is 1. The molecule has 0 saturated heterocycles. The van der Waals surface area contributed by atoms with Crippen LogP contribution in [-0.2, 0) is 21.6 Å². The predicted octanol–water partition coefficient (Wildman–Crippen LogP) is -2.71. The molecule has 0 aliphatic rings. The summed E-state index contributed by atoms with van der Waals surface area (Å²) in [6.45, 7) is 1.52. The van der Waals surface area contributed by atoms with E-state index in [1.54, 1.807) is 6.92 Å². The molecule has 0 radical (unpaired) electrons. The van der Waals surface area contributed by atoms with Crippen molar-refractivity contribution in [3.63, 3.8) is 0 Å². The third-order valence-corrected chi connectivity index (χ3v) is 3.98. The summed E-state index contributed by atoms with van der Waals surface area (Å²) in [4.78, 5) is 7.60. The van der Waals surface area contributed by atoms with E-state index in [2.05, 4.69) is 25.8 Å². The van der Waals surface area contributed by atoms with E-state index in [0.717, 1.165) is 0 Å². The molecule has 18 heavy (non-hydrogen) atoms. The number of hydrogen-bond donors (Lipinski definition) is 0. The molecule has 1 aromatic heterocycles. The molecule has 0 aromatic carbocycles. The zero-order valence-corrected chi connectivity index (χ0v) is 14.5. The number of aromatic nitrogens is 1. The van der Waals surface area contributed by atoms with Crippen LogP contribution in [0.1, 0.15) is 11.3 Å². The Morgan fingerprint density at radius 1 is 1.50 bits per heavy atom. The van der Waals surface area contributed by atoms with E-state index < -0.39 is 10.1 Å². The predicted molar refractivity (Wildman–Crippen MR) is 62.0 cm³/mol. The molecular weight excluding hydrogens is 337 g/mol. The quantitative estimate of drug-likeness (QED) is 0.183. The van der Waals surface area contributed by atoms with Crippen LogP contribution < -0.4 is 39.0 Å². The van der Waals surface area contributed by atoms with Crippen LogP contribution in [0, 0.1) is 6.92 Å². The first kappa shape index (κ1) is 18.3. The average molecular weight is 348 g/mol. The van der Waals surface area contributed by atoms with Crippen LogP contribution in [0.2, 0.25) is 0 Å². The van der Waals surface area contributed by atoms with Gasteiger partial charge in [-0.05, 0) is 18.6 Å². The van der Waals surface area contributed by atoms with Crippen molar-refractivity contribution in [3.05, 3.63) is 23.5 Å². The largest absolute Gasteiger partial charge is 1.00 e. The molecule has 0 N–H and O–H groups in total. The Bertz CT molecular complexity index is 482. The van der Waals surface area contributed by atoms with E-state index in [1.165, 1.54) is 12.3 Å². The third kappa shape index (κ3) is 5.96. The standard InChI is InChI=1S/C9H12BrNO5S.Na/c1-7-4-8(5-11-9(7)6-15-12)16-17(13,14)3-2-10;/h4-5,12H,2-3,6H2,1H3;/q;+1/p-1. The van der Waals surface area contributed by atoms with Gasteiger partial charge in [-0.1, -0.05) is 15.9 Å². The second kappa shape index (κ2) is 8.47. The average Bonchev–Trinajstić information content (AvgIpc) is 2.21. The Hall–Kier alpha value is 0.300. The zero-order valence-electron chi connectivity index (χ0n) is 10.1. The van der Waals surface area contributed by atoms with E-state index in [4.69, 9.17) is 4.18 Å². The number of halogens is 1. The molecule has 0 amide bonds. The van der Waals surface area contributed by atoms with Crippen LogP contribution in [0.15, 0.2) is 12.3 Å². The van der Waals surface area contributed by atoms with Gasteiger partial charge in [0.15, 0.2) is 5.75 Å². The van der Waals surface area contributed by atoms with E-state index in [-0.39, 0.29) is 47.7 Å². The van der Waals surface area contributed by atoms with Gasteiger partial charge in [-0.2, -0.15) is 8.42 Å². The minimum Gasteiger partial charge on any atom is -0.723 e. The molecule has 96 valence electrons. The summed E-state index contributed by atoms with van der Waals surface area (Å²) in [5, 5.41) is 10.3. The number of hydrogen-bond acceptors (Lipinski definition) is 6. The molecule has 9 heteroatoms. The first-order valence-corrected chi connectivity index (χ1v) is 7.37. The maximum absolute atomic E-state index is 11.4. The van der Waals surface area contributed by atoms with Crippen LogP contribution in [0.5, 0.6) is 5.75 Å². The summed E-state index contributed by atoms with van der Waals surface area (Å²) in [6.07, 6.45) is 1.24. The number of alkyl halides is 1. The molecular formula is C9H11BrNNaO5S. The Morgan fingerprint density at radius 2 is 2.17 bits per heavy atom. The first-order valence-electron chi connectivity index (χ1n) is 4.67. The minimum absolute atomic E-state index is 0. The van der Waals surface area contributed by atoms with Crippen LogP contribution >= 0.6 is 15.9 Å². The zero-order chi connectivity index (χ0) is 12.9. The van der Waals surface area contributed by atoms with Crippen LogP contribution in [0.4, 0.5) is 0 Å². The second-order valence-electron chi connectivity index (χ2n) is 3.23. The summed E-state index contributed by atoms with van der Waals surface area (Å²) < 4.78 is 27.6. The maximum atomic E-state index is 11.4. The topological polar surface area (TPSA) is 88.6 Å². The van der Waals surface area contributed by atoms with Crippen molar-refractivity contribution >= 4 is 26.0 Å². The Kier molecular flexibility index (Phi) is 8.61. The Balaban J connectivity index is 0.00000289. The van der Waals surface area contributed by atoms with Gasteiger partial charge < -0.3 is 14.3 Å². The van der Waals surface area contributed by atoms with Crippen LogP contribution in [0.3, 0.4) is 0 Å². The normalized spacial score (nSPS) is 10.8. The maximum Gasteiger partial charge on any atom is 1.00 e. The summed E-state index contributed by atoms with van der Waals surface area (Å²) in [5.41, 5.74) is 1.08. The van der Waals surface area contributed by atoms with Gasteiger partial charge in [0, 0.05) is 5.33 Å². The van der Waals surface area contributed by atoms with E-state index in [9.17, 15) is 13.7 Å². The van der Waals surface area contributed by atoms with Gasteiger partial charge in [-0.15, -0.1) is 0 Å². The molecule has 0 atom stereocenters. The monoisotopic (exact) mass is 347 g/mol. The van der Waals surface area contributed by atoms with Gasteiger partial charge in [0.1, 0.15) is 0 Å². The van der Waals surface area contributed by atoms with Crippen molar-refractivity contribution in [1.82, 2.24) is 4.98 Å². The first-order chi connectivity index (χ1) is 7.98. The SMILES string of the molecule is Cc1cc(OS(=O)(=O)CCBr)cnc1CO[O-].[Na+]. The van der Waals surface area contributed by atoms with Crippen molar-refractivity contribution in [2.24, 2.45) is 0 Å². The Morgan fingerprint density at radius 3 is 2.67 bits per heavy atom. The van der Waals surface area contributed by atoms with Crippen molar-refractivity contribution in [2.45, 2.75) is 13.5 Å².